The van der Waals surface area contributed by atoms with Crippen molar-refractivity contribution in [1.29, 1.82) is 0 Å². The van der Waals surface area contributed by atoms with Gasteiger partial charge in [-0.1, -0.05) is 11.3 Å². The van der Waals surface area contributed by atoms with Crippen LogP contribution in [0.1, 0.15) is 36.0 Å². The third kappa shape index (κ3) is 5.17. The van der Waals surface area contributed by atoms with Gasteiger partial charge in [-0.25, -0.2) is 9.97 Å². The minimum atomic E-state index is -4.76. The zero-order chi connectivity index (χ0) is 24.7. The number of imidazole rings is 1. The Balaban J connectivity index is 1.34. The van der Waals surface area contributed by atoms with E-state index in [-0.39, 0.29) is 23.8 Å². The van der Waals surface area contributed by atoms with Crippen molar-refractivity contribution in [2.75, 3.05) is 5.32 Å². The molecule has 184 valence electrons. The first kappa shape index (κ1) is 23.4. The first-order valence-corrected chi connectivity index (χ1v) is 11.8. The predicted octanol–water partition coefficient (Wildman–Crippen LogP) is 4.86. The Morgan fingerprint density at radius 1 is 1.11 bits per heavy atom. The largest absolute Gasteiger partial charge is 0.573 e. The Morgan fingerprint density at radius 3 is 2.63 bits per heavy atom. The number of ether oxygens (including phenoxy) is 1. The molecule has 2 aromatic carbocycles. The van der Waals surface area contributed by atoms with Crippen LogP contribution < -0.4 is 15.4 Å². The molecule has 1 aliphatic carbocycles. The lowest BCUT2D eigenvalue weighted by molar-refractivity contribution is -0.274. The fourth-order valence-electron chi connectivity index (χ4n) is 4.19. The van der Waals surface area contributed by atoms with E-state index >= 15 is 0 Å². The van der Waals surface area contributed by atoms with Crippen LogP contribution in [0.2, 0.25) is 0 Å². The highest BCUT2D eigenvalue weighted by atomic mass is 32.1. The zero-order valence-electron chi connectivity index (χ0n) is 18.6. The number of carbonyl (C=O) groups is 1. The number of nitrogens with one attached hydrogen (secondary N) is 2. The molecule has 8 nitrogen and oxygen atoms in total. The number of fused-ring (bicyclic) bond motifs is 2. The molecule has 2 aromatic heterocycles. The van der Waals surface area contributed by atoms with Gasteiger partial charge in [-0.05, 0) is 56.0 Å². The number of benzene rings is 2. The fourth-order valence-corrected chi connectivity index (χ4v) is 5.08. The van der Waals surface area contributed by atoms with Crippen LogP contribution in [0.4, 0.5) is 24.3 Å². The summed E-state index contributed by atoms with van der Waals surface area (Å²) in [5.74, 6) is -0.0145. The lowest BCUT2D eigenvalue weighted by Crippen LogP contribution is -2.38. The van der Waals surface area contributed by atoms with Gasteiger partial charge in [0.1, 0.15) is 5.75 Å². The maximum atomic E-state index is 12.7. The predicted molar refractivity (Wildman–Crippen MR) is 126 cm³/mol. The molecule has 2 heterocycles. The van der Waals surface area contributed by atoms with E-state index < -0.39 is 6.36 Å². The van der Waals surface area contributed by atoms with Gasteiger partial charge in [-0.2, -0.15) is 0 Å². The second kappa shape index (κ2) is 9.00. The molecule has 0 saturated heterocycles. The van der Waals surface area contributed by atoms with E-state index in [0.717, 1.165) is 18.4 Å². The smallest absolute Gasteiger partial charge is 0.406 e. The maximum absolute atomic E-state index is 12.7. The van der Waals surface area contributed by atoms with Crippen molar-refractivity contribution >= 4 is 49.6 Å². The number of alkyl halides is 3. The van der Waals surface area contributed by atoms with Gasteiger partial charge in [-0.15, -0.1) is 13.2 Å². The number of hydrogen-bond acceptors (Lipinski definition) is 7. The molecule has 5 rings (SSSR count). The van der Waals surface area contributed by atoms with Gasteiger partial charge >= 0.3 is 6.36 Å². The number of nitrogens with zero attached hydrogens (tertiary/aromatic N) is 3. The average molecular weight is 506 g/mol. The molecule has 1 aliphatic rings. The van der Waals surface area contributed by atoms with Crippen LogP contribution in [0, 0.1) is 0 Å². The maximum Gasteiger partial charge on any atom is 0.573 e. The second-order valence-corrected chi connectivity index (χ2v) is 9.53. The highest BCUT2D eigenvalue weighted by molar-refractivity contribution is 7.22. The summed E-state index contributed by atoms with van der Waals surface area (Å²) in [4.78, 5) is 21.7. The number of aliphatic hydroxyl groups excluding tert-OH is 1. The number of aromatic nitrogens is 3. The molecular formula is C23H22F3N5O3S. The molecule has 0 radical (unpaired) electrons. The lowest BCUT2D eigenvalue weighted by Gasteiger charge is -2.26. The molecule has 1 fully saturated rings. The number of carbonyl (C=O) groups excluding carboxylic acids is 1. The minimum Gasteiger partial charge on any atom is -0.406 e. The van der Waals surface area contributed by atoms with E-state index in [1.165, 1.54) is 29.5 Å². The van der Waals surface area contributed by atoms with Crippen LogP contribution in [-0.2, 0) is 7.05 Å². The van der Waals surface area contributed by atoms with Crippen molar-refractivity contribution < 1.29 is 27.8 Å². The minimum absolute atomic E-state index is 0.0450. The molecule has 0 spiro atoms. The SMILES string of the molecule is Cn1c(Nc2nc3ccc(OC(F)(F)F)cc3s2)nc2cc(C(=O)N[C@H]3CC[C@H](O)CC3)ccc21. The molecule has 4 aromatic rings. The topological polar surface area (TPSA) is 101 Å². The number of amides is 1. The fraction of sp³-hybridized carbons (Fsp3) is 0.348. The van der Waals surface area contributed by atoms with Gasteiger partial charge < -0.3 is 25.0 Å². The van der Waals surface area contributed by atoms with Crippen molar-refractivity contribution in [3.05, 3.63) is 42.0 Å². The Hall–Kier alpha value is -3.38. The molecule has 35 heavy (non-hydrogen) atoms. The number of rotatable bonds is 5. The Morgan fingerprint density at radius 2 is 1.89 bits per heavy atom. The van der Waals surface area contributed by atoms with Crippen LogP contribution in [0.3, 0.4) is 0 Å². The first-order chi connectivity index (χ1) is 16.6. The molecule has 0 bridgehead atoms. The van der Waals surface area contributed by atoms with Crippen molar-refractivity contribution in [2.24, 2.45) is 7.05 Å². The summed E-state index contributed by atoms with van der Waals surface area (Å²) in [6, 6.07) is 9.28. The summed E-state index contributed by atoms with van der Waals surface area (Å²) < 4.78 is 43.8. The average Bonchev–Trinajstić information content (AvgIpc) is 3.33. The molecular weight excluding hydrogens is 483 g/mol. The number of thiazole rings is 1. The van der Waals surface area contributed by atoms with Gasteiger partial charge in [0.2, 0.25) is 5.95 Å². The molecule has 0 unspecified atom stereocenters. The summed E-state index contributed by atoms with van der Waals surface area (Å²) in [6.45, 7) is 0. The summed E-state index contributed by atoms with van der Waals surface area (Å²) in [7, 11) is 1.81. The van der Waals surface area contributed by atoms with E-state index in [1.54, 1.807) is 12.1 Å². The summed E-state index contributed by atoms with van der Waals surface area (Å²) in [6.07, 6.45) is -2.19. The summed E-state index contributed by atoms with van der Waals surface area (Å²) in [5, 5.41) is 16.2. The Kier molecular flexibility index (Phi) is 6.01. The van der Waals surface area contributed by atoms with Crippen molar-refractivity contribution in [1.82, 2.24) is 19.9 Å². The number of anilines is 2. The van der Waals surface area contributed by atoms with Gasteiger partial charge in [0.05, 0.1) is 27.4 Å². The molecule has 3 N–H and O–H groups in total. The van der Waals surface area contributed by atoms with E-state index in [9.17, 15) is 23.1 Å². The molecule has 0 aliphatic heterocycles. The van der Waals surface area contributed by atoms with Crippen LogP contribution in [0.15, 0.2) is 36.4 Å². The highest BCUT2D eigenvalue weighted by Gasteiger charge is 2.31. The van der Waals surface area contributed by atoms with Gasteiger partial charge in [-0.3, -0.25) is 4.79 Å². The monoisotopic (exact) mass is 505 g/mol. The molecule has 1 saturated carbocycles. The van der Waals surface area contributed by atoms with Crippen LogP contribution in [-0.4, -0.2) is 44.1 Å². The zero-order valence-corrected chi connectivity index (χ0v) is 19.4. The van der Waals surface area contributed by atoms with Gasteiger partial charge in [0, 0.05) is 24.7 Å². The van der Waals surface area contributed by atoms with Crippen molar-refractivity contribution in [3.63, 3.8) is 0 Å². The molecule has 12 heteroatoms. The van der Waals surface area contributed by atoms with Crippen LogP contribution in [0.5, 0.6) is 5.75 Å². The lowest BCUT2D eigenvalue weighted by atomic mass is 9.93. The van der Waals surface area contributed by atoms with Crippen LogP contribution >= 0.6 is 11.3 Å². The van der Waals surface area contributed by atoms with E-state index in [0.29, 0.717) is 45.2 Å². The normalized spacial score (nSPS) is 18.7. The van der Waals surface area contributed by atoms with Crippen molar-refractivity contribution in [3.8, 4) is 5.75 Å². The molecule has 0 atom stereocenters. The summed E-state index contributed by atoms with van der Waals surface area (Å²) in [5.41, 5.74) is 2.43. The first-order valence-electron chi connectivity index (χ1n) is 11.0. The highest BCUT2D eigenvalue weighted by Crippen LogP contribution is 2.33. The third-order valence-electron chi connectivity index (χ3n) is 5.99. The van der Waals surface area contributed by atoms with Gasteiger partial charge in [0.25, 0.3) is 5.91 Å². The van der Waals surface area contributed by atoms with Gasteiger partial charge in [0.15, 0.2) is 5.13 Å². The Labute approximate surface area is 201 Å². The van der Waals surface area contributed by atoms with Crippen LogP contribution in [0.25, 0.3) is 21.3 Å². The Bertz CT molecular complexity index is 1390. The quantitative estimate of drug-likeness (QED) is 0.358. The van der Waals surface area contributed by atoms with E-state index in [1.807, 2.05) is 17.7 Å². The second-order valence-electron chi connectivity index (χ2n) is 8.50. The summed E-state index contributed by atoms with van der Waals surface area (Å²) >= 11 is 1.17. The van der Waals surface area contributed by atoms with E-state index in [4.69, 9.17) is 0 Å². The number of aryl methyl sites for hydroxylation is 1. The number of halogens is 3. The molecule has 1 amide bonds. The standard InChI is InChI=1S/C23H22F3N5O3S/c1-31-18-9-2-12(20(33)27-13-3-5-14(32)6-4-13)10-17(18)28-21(31)30-22-29-16-8-7-15(11-19(16)35-22)34-23(24,25)26/h2,7-11,13-14,32H,3-6H2,1H3,(H,27,33)(H,28,29,30)/t13-,14-. The number of aliphatic hydroxyl groups is 1. The number of hydrogen-bond donors (Lipinski definition) is 3. The van der Waals surface area contributed by atoms with E-state index in [2.05, 4.69) is 25.3 Å². The third-order valence-corrected chi connectivity index (χ3v) is 6.92. The van der Waals surface area contributed by atoms with Crippen molar-refractivity contribution in [2.45, 2.75) is 44.2 Å².